The van der Waals surface area contributed by atoms with Crippen LogP contribution < -0.4 is 5.32 Å². The number of rotatable bonds is 1. The van der Waals surface area contributed by atoms with Crippen molar-refractivity contribution in [2.45, 2.75) is 19.3 Å². The van der Waals surface area contributed by atoms with Crippen LogP contribution in [0, 0.1) is 17.8 Å². The van der Waals surface area contributed by atoms with Crippen molar-refractivity contribution < 1.29 is 15.8 Å². The van der Waals surface area contributed by atoms with Crippen LogP contribution in [0.2, 0.25) is 0 Å². The molecular formula is C11H18N2O3. The summed E-state index contributed by atoms with van der Waals surface area (Å²) in [6.07, 6.45) is 1.87. The molecule has 5 nitrogen and oxygen atoms in total. The van der Waals surface area contributed by atoms with Gasteiger partial charge in [-0.1, -0.05) is 0 Å². The van der Waals surface area contributed by atoms with Gasteiger partial charge in [-0.2, -0.15) is 0 Å². The molecule has 1 saturated heterocycles. The SMILES string of the molecule is CNC(=O)C1CCC2C(=O)N(C)C(=O)C2C1.[HH]. The van der Waals surface area contributed by atoms with Gasteiger partial charge in [-0.05, 0) is 19.3 Å². The van der Waals surface area contributed by atoms with Gasteiger partial charge in [-0.15, -0.1) is 0 Å². The van der Waals surface area contributed by atoms with Crippen molar-refractivity contribution in [1.82, 2.24) is 10.2 Å². The fraction of sp³-hybridized carbons (Fsp3) is 0.727. The summed E-state index contributed by atoms with van der Waals surface area (Å²) in [5, 5.41) is 2.60. The highest BCUT2D eigenvalue weighted by Crippen LogP contribution is 2.40. The summed E-state index contributed by atoms with van der Waals surface area (Å²) in [6, 6.07) is 0. The van der Waals surface area contributed by atoms with E-state index in [9.17, 15) is 14.4 Å². The van der Waals surface area contributed by atoms with Crippen molar-refractivity contribution in [2.24, 2.45) is 17.8 Å². The third-order valence-corrected chi connectivity index (χ3v) is 3.76. The first-order valence-electron chi connectivity index (χ1n) is 5.59. The molecule has 0 spiro atoms. The average molecular weight is 226 g/mol. The molecule has 0 bridgehead atoms. The molecule has 5 heteroatoms. The molecule has 1 N–H and O–H groups in total. The van der Waals surface area contributed by atoms with Crippen LogP contribution in [0.15, 0.2) is 0 Å². The van der Waals surface area contributed by atoms with E-state index in [-0.39, 0.29) is 36.9 Å². The van der Waals surface area contributed by atoms with Crippen LogP contribution in [0.5, 0.6) is 0 Å². The monoisotopic (exact) mass is 226 g/mol. The molecule has 90 valence electrons. The first kappa shape index (κ1) is 11.1. The topological polar surface area (TPSA) is 66.5 Å². The number of hydrogen-bond acceptors (Lipinski definition) is 3. The number of carbonyl (C=O) groups excluding carboxylic acids is 3. The number of hydrogen-bond donors (Lipinski definition) is 1. The molecule has 3 atom stereocenters. The van der Waals surface area contributed by atoms with Crippen LogP contribution in [0.4, 0.5) is 0 Å². The van der Waals surface area contributed by atoms with Crippen LogP contribution in [-0.4, -0.2) is 36.7 Å². The van der Waals surface area contributed by atoms with Crippen molar-refractivity contribution in [2.75, 3.05) is 14.1 Å². The maximum atomic E-state index is 11.8. The van der Waals surface area contributed by atoms with Gasteiger partial charge in [-0.3, -0.25) is 19.3 Å². The summed E-state index contributed by atoms with van der Waals surface area (Å²) in [5.41, 5.74) is 0. The third kappa shape index (κ3) is 1.50. The minimum Gasteiger partial charge on any atom is -0.359 e. The van der Waals surface area contributed by atoms with Crippen LogP contribution >= 0.6 is 0 Å². The predicted molar refractivity (Wildman–Crippen MR) is 58.3 cm³/mol. The Morgan fingerprint density at radius 1 is 1.31 bits per heavy atom. The van der Waals surface area contributed by atoms with Gasteiger partial charge in [0.05, 0.1) is 11.8 Å². The van der Waals surface area contributed by atoms with E-state index in [0.29, 0.717) is 19.3 Å². The van der Waals surface area contributed by atoms with Gasteiger partial charge >= 0.3 is 0 Å². The number of nitrogens with zero attached hydrogens (tertiary/aromatic N) is 1. The summed E-state index contributed by atoms with van der Waals surface area (Å²) in [5.74, 6) is -0.788. The fourth-order valence-electron chi connectivity index (χ4n) is 2.79. The molecule has 0 aromatic rings. The fourth-order valence-corrected chi connectivity index (χ4v) is 2.79. The Balaban J connectivity index is 0.00000144. The van der Waals surface area contributed by atoms with E-state index in [0.717, 1.165) is 0 Å². The first-order valence-corrected chi connectivity index (χ1v) is 5.59. The Morgan fingerprint density at radius 3 is 2.56 bits per heavy atom. The molecule has 1 saturated carbocycles. The number of fused-ring (bicyclic) bond motifs is 1. The summed E-state index contributed by atoms with van der Waals surface area (Å²) < 4.78 is 0. The smallest absolute Gasteiger partial charge is 0.232 e. The molecule has 2 rings (SSSR count). The molecule has 0 aromatic carbocycles. The Bertz CT molecular complexity index is 359. The van der Waals surface area contributed by atoms with Crippen LogP contribution in [0.1, 0.15) is 20.7 Å². The lowest BCUT2D eigenvalue weighted by Gasteiger charge is -2.27. The normalized spacial score (nSPS) is 33.9. The van der Waals surface area contributed by atoms with Gasteiger partial charge in [0.15, 0.2) is 0 Å². The van der Waals surface area contributed by atoms with Gasteiger partial charge in [0.25, 0.3) is 0 Å². The molecule has 2 aliphatic rings. The van der Waals surface area contributed by atoms with E-state index >= 15 is 0 Å². The zero-order valence-electron chi connectivity index (χ0n) is 9.53. The van der Waals surface area contributed by atoms with E-state index in [4.69, 9.17) is 0 Å². The lowest BCUT2D eigenvalue weighted by atomic mass is 9.75. The van der Waals surface area contributed by atoms with Crippen LogP contribution in [0.25, 0.3) is 0 Å². The molecule has 16 heavy (non-hydrogen) atoms. The summed E-state index contributed by atoms with van der Waals surface area (Å²) >= 11 is 0. The highest BCUT2D eigenvalue weighted by molar-refractivity contribution is 6.05. The zero-order valence-corrected chi connectivity index (χ0v) is 9.53. The van der Waals surface area contributed by atoms with Crippen LogP contribution in [0.3, 0.4) is 0 Å². The second-order valence-corrected chi connectivity index (χ2v) is 4.57. The van der Waals surface area contributed by atoms with E-state index in [1.807, 2.05) is 0 Å². The summed E-state index contributed by atoms with van der Waals surface area (Å²) in [7, 11) is 3.13. The Morgan fingerprint density at radius 2 is 1.94 bits per heavy atom. The minimum atomic E-state index is -0.270. The van der Waals surface area contributed by atoms with Gasteiger partial charge in [0, 0.05) is 21.4 Å². The second-order valence-electron chi connectivity index (χ2n) is 4.57. The minimum absolute atomic E-state index is 0. The van der Waals surface area contributed by atoms with Crippen molar-refractivity contribution in [3.05, 3.63) is 0 Å². The molecule has 2 fully saturated rings. The highest BCUT2D eigenvalue weighted by Gasteiger charge is 2.49. The van der Waals surface area contributed by atoms with E-state index in [1.165, 1.54) is 11.9 Å². The molecule has 3 unspecified atom stereocenters. The van der Waals surface area contributed by atoms with Gasteiger partial charge in [0.2, 0.25) is 17.7 Å². The Kier molecular flexibility index (Phi) is 2.69. The predicted octanol–water partition coefficient (Wildman–Crippen LogP) is 0.00950. The summed E-state index contributed by atoms with van der Waals surface area (Å²) in [4.78, 5) is 36.2. The molecule has 1 aliphatic heterocycles. The highest BCUT2D eigenvalue weighted by atomic mass is 16.2. The molecule has 1 heterocycles. The maximum Gasteiger partial charge on any atom is 0.232 e. The van der Waals surface area contributed by atoms with E-state index in [2.05, 4.69) is 5.32 Å². The van der Waals surface area contributed by atoms with Gasteiger partial charge in [-0.25, -0.2) is 0 Å². The van der Waals surface area contributed by atoms with Crippen LogP contribution in [-0.2, 0) is 14.4 Å². The molecular weight excluding hydrogens is 208 g/mol. The van der Waals surface area contributed by atoms with E-state index < -0.39 is 0 Å². The standard InChI is InChI=1S/C11H16N2O3.H2/c1-12-9(14)6-3-4-7-8(5-6)11(16)13(2)10(7)15;/h6-8H,3-5H2,1-2H3,(H,12,14);1H. The number of nitrogens with one attached hydrogen (secondary N) is 1. The third-order valence-electron chi connectivity index (χ3n) is 3.76. The largest absolute Gasteiger partial charge is 0.359 e. The number of likely N-dealkylation sites (tertiary alicyclic amines) is 1. The lowest BCUT2D eigenvalue weighted by Crippen LogP contribution is -2.35. The number of carbonyl (C=O) groups is 3. The molecule has 0 radical (unpaired) electrons. The molecule has 3 amide bonds. The van der Waals surface area contributed by atoms with Gasteiger partial charge in [0.1, 0.15) is 0 Å². The lowest BCUT2D eigenvalue weighted by molar-refractivity contribution is -0.138. The van der Waals surface area contributed by atoms with E-state index in [1.54, 1.807) is 7.05 Å². The van der Waals surface area contributed by atoms with Gasteiger partial charge < -0.3 is 5.32 Å². The summed E-state index contributed by atoms with van der Waals surface area (Å²) in [6.45, 7) is 0. The molecule has 0 aromatic heterocycles. The number of amides is 3. The van der Waals surface area contributed by atoms with Crippen molar-refractivity contribution in [1.29, 1.82) is 0 Å². The second kappa shape index (κ2) is 3.88. The maximum absolute atomic E-state index is 11.8. The average Bonchev–Trinajstić information content (AvgIpc) is 2.53. The van der Waals surface area contributed by atoms with Crippen molar-refractivity contribution in [3.63, 3.8) is 0 Å². The Hall–Kier alpha value is -1.39. The molecule has 1 aliphatic carbocycles. The van der Waals surface area contributed by atoms with Crippen molar-refractivity contribution in [3.8, 4) is 0 Å². The van der Waals surface area contributed by atoms with Crippen molar-refractivity contribution >= 4 is 17.7 Å². The quantitative estimate of drug-likeness (QED) is 0.640. The number of imide groups is 1. The first-order chi connectivity index (χ1) is 7.56. The zero-order chi connectivity index (χ0) is 11.9. The Labute approximate surface area is 95.7 Å².